The number of carbonyl (C=O) groups excluding carboxylic acids is 1. The standard InChI is InChI=1S/C9H13ClN4O/c1-11-5-6-14(2)9(15)7-3-4-8(10)13-12-7/h3-4,11H,5-6H2,1-2H3. The summed E-state index contributed by atoms with van der Waals surface area (Å²) in [4.78, 5) is 13.3. The normalized spacial score (nSPS) is 10.1. The summed E-state index contributed by atoms with van der Waals surface area (Å²) in [6, 6.07) is 3.11. The van der Waals surface area contributed by atoms with E-state index in [-0.39, 0.29) is 11.1 Å². The number of hydrogen-bond acceptors (Lipinski definition) is 4. The fraction of sp³-hybridized carbons (Fsp3) is 0.444. The monoisotopic (exact) mass is 228 g/mol. The van der Waals surface area contributed by atoms with Crippen LogP contribution >= 0.6 is 11.6 Å². The van der Waals surface area contributed by atoms with E-state index in [1.165, 1.54) is 0 Å². The van der Waals surface area contributed by atoms with E-state index in [9.17, 15) is 4.79 Å². The summed E-state index contributed by atoms with van der Waals surface area (Å²) in [5.41, 5.74) is 0.304. The Kier molecular flexibility index (Phi) is 4.45. The topological polar surface area (TPSA) is 58.1 Å². The molecule has 1 aromatic heterocycles. The lowest BCUT2D eigenvalue weighted by molar-refractivity contribution is 0.0790. The first-order chi connectivity index (χ1) is 7.15. The highest BCUT2D eigenvalue weighted by atomic mass is 35.5. The maximum Gasteiger partial charge on any atom is 0.274 e. The summed E-state index contributed by atoms with van der Waals surface area (Å²) in [6.45, 7) is 1.36. The maximum atomic E-state index is 11.7. The van der Waals surface area contributed by atoms with Crippen LogP contribution in [0.3, 0.4) is 0 Å². The molecule has 0 radical (unpaired) electrons. The van der Waals surface area contributed by atoms with E-state index >= 15 is 0 Å². The van der Waals surface area contributed by atoms with Gasteiger partial charge in [0, 0.05) is 20.1 Å². The molecule has 0 saturated carbocycles. The fourth-order valence-electron chi connectivity index (χ4n) is 1.01. The molecule has 1 rings (SSSR count). The van der Waals surface area contributed by atoms with Gasteiger partial charge in [-0.15, -0.1) is 10.2 Å². The molecule has 0 aromatic carbocycles. The van der Waals surface area contributed by atoms with Crippen LogP contribution in [0.1, 0.15) is 10.5 Å². The highest BCUT2D eigenvalue weighted by Gasteiger charge is 2.12. The van der Waals surface area contributed by atoms with Crippen molar-refractivity contribution in [2.24, 2.45) is 0 Å². The van der Waals surface area contributed by atoms with Crippen LogP contribution in [-0.4, -0.2) is 48.2 Å². The van der Waals surface area contributed by atoms with Crippen LogP contribution in [0.5, 0.6) is 0 Å². The van der Waals surface area contributed by atoms with Crippen molar-refractivity contribution in [1.29, 1.82) is 0 Å². The molecule has 0 spiro atoms. The predicted molar refractivity (Wildman–Crippen MR) is 57.9 cm³/mol. The van der Waals surface area contributed by atoms with Gasteiger partial charge in [0.05, 0.1) is 0 Å². The van der Waals surface area contributed by atoms with E-state index in [1.54, 1.807) is 24.1 Å². The molecule has 0 atom stereocenters. The number of nitrogens with zero attached hydrogens (tertiary/aromatic N) is 3. The van der Waals surface area contributed by atoms with E-state index < -0.39 is 0 Å². The molecule has 82 valence electrons. The zero-order chi connectivity index (χ0) is 11.3. The summed E-state index contributed by atoms with van der Waals surface area (Å²) in [5.74, 6) is -0.158. The van der Waals surface area contributed by atoms with Crippen LogP contribution in [0.2, 0.25) is 5.15 Å². The molecule has 0 aliphatic heterocycles. The minimum Gasteiger partial charge on any atom is -0.339 e. The molecule has 0 aliphatic carbocycles. The minimum atomic E-state index is -0.158. The molecule has 1 N–H and O–H groups in total. The summed E-state index contributed by atoms with van der Waals surface area (Å²) in [5, 5.41) is 10.6. The largest absolute Gasteiger partial charge is 0.339 e. The molecule has 1 amide bonds. The van der Waals surface area contributed by atoms with Crippen molar-refractivity contribution in [3.8, 4) is 0 Å². The molecule has 0 fully saturated rings. The lowest BCUT2D eigenvalue weighted by atomic mass is 10.3. The average Bonchev–Trinajstić information content (AvgIpc) is 2.26. The second kappa shape index (κ2) is 5.63. The quantitative estimate of drug-likeness (QED) is 0.812. The van der Waals surface area contributed by atoms with Crippen molar-refractivity contribution in [2.75, 3.05) is 27.2 Å². The lowest BCUT2D eigenvalue weighted by Crippen LogP contribution is -2.33. The summed E-state index contributed by atoms with van der Waals surface area (Å²) in [6.07, 6.45) is 0. The highest BCUT2D eigenvalue weighted by molar-refractivity contribution is 6.29. The third kappa shape index (κ3) is 3.45. The molecule has 0 saturated heterocycles. The number of rotatable bonds is 4. The second-order valence-corrected chi connectivity index (χ2v) is 3.46. The Hall–Kier alpha value is -1.20. The molecular weight excluding hydrogens is 216 g/mol. The first-order valence-corrected chi connectivity index (χ1v) is 4.92. The number of hydrogen-bond donors (Lipinski definition) is 1. The Balaban J connectivity index is 2.63. The molecule has 1 heterocycles. The van der Waals surface area contributed by atoms with Gasteiger partial charge in [-0.1, -0.05) is 11.6 Å². The zero-order valence-electron chi connectivity index (χ0n) is 8.70. The van der Waals surface area contributed by atoms with E-state index in [1.807, 2.05) is 7.05 Å². The van der Waals surface area contributed by atoms with Gasteiger partial charge < -0.3 is 10.2 Å². The fourth-order valence-corrected chi connectivity index (χ4v) is 1.11. The van der Waals surface area contributed by atoms with Crippen molar-refractivity contribution in [1.82, 2.24) is 20.4 Å². The number of halogens is 1. The molecule has 6 heteroatoms. The number of carbonyl (C=O) groups is 1. The van der Waals surface area contributed by atoms with Gasteiger partial charge in [-0.2, -0.15) is 0 Å². The molecule has 0 bridgehead atoms. The molecule has 1 aromatic rings. The van der Waals surface area contributed by atoms with Crippen molar-refractivity contribution in [3.63, 3.8) is 0 Å². The van der Waals surface area contributed by atoms with Crippen LogP contribution in [-0.2, 0) is 0 Å². The zero-order valence-corrected chi connectivity index (χ0v) is 9.45. The Morgan fingerprint density at radius 1 is 1.53 bits per heavy atom. The van der Waals surface area contributed by atoms with Crippen LogP contribution in [0.15, 0.2) is 12.1 Å². The molecule has 15 heavy (non-hydrogen) atoms. The van der Waals surface area contributed by atoms with Gasteiger partial charge in [-0.05, 0) is 19.2 Å². The van der Waals surface area contributed by atoms with Gasteiger partial charge in [0.1, 0.15) is 0 Å². The number of nitrogens with one attached hydrogen (secondary N) is 1. The van der Waals surface area contributed by atoms with Gasteiger partial charge >= 0.3 is 0 Å². The van der Waals surface area contributed by atoms with Crippen molar-refractivity contribution >= 4 is 17.5 Å². The molecule has 0 aliphatic rings. The Morgan fingerprint density at radius 2 is 2.27 bits per heavy atom. The van der Waals surface area contributed by atoms with E-state index in [0.29, 0.717) is 12.2 Å². The number of likely N-dealkylation sites (N-methyl/N-ethyl adjacent to an activating group) is 2. The highest BCUT2D eigenvalue weighted by Crippen LogP contribution is 2.03. The first kappa shape index (κ1) is 11.9. The molecule has 5 nitrogen and oxygen atoms in total. The number of aromatic nitrogens is 2. The van der Waals surface area contributed by atoms with E-state index in [2.05, 4.69) is 15.5 Å². The average molecular weight is 229 g/mol. The third-order valence-corrected chi connectivity index (χ3v) is 2.10. The summed E-state index contributed by atoms with van der Waals surface area (Å²) < 4.78 is 0. The lowest BCUT2D eigenvalue weighted by Gasteiger charge is -2.15. The Labute approximate surface area is 93.4 Å². The third-order valence-electron chi connectivity index (χ3n) is 1.90. The van der Waals surface area contributed by atoms with E-state index in [0.717, 1.165) is 6.54 Å². The van der Waals surface area contributed by atoms with Crippen LogP contribution < -0.4 is 5.32 Å². The number of amides is 1. The van der Waals surface area contributed by atoms with Gasteiger partial charge in [0.2, 0.25) is 0 Å². The molecule has 0 unspecified atom stereocenters. The van der Waals surface area contributed by atoms with Crippen molar-refractivity contribution in [3.05, 3.63) is 23.0 Å². The van der Waals surface area contributed by atoms with Gasteiger partial charge in [0.25, 0.3) is 5.91 Å². The van der Waals surface area contributed by atoms with Crippen LogP contribution in [0.4, 0.5) is 0 Å². The Bertz CT molecular complexity index is 327. The maximum absolute atomic E-state index is 11.7. The van der Waals surface area contributed by atoms with Crippen LogP contribution in [0, 0.1) is 0 Å². The van der Waals surface area contributed by atoms with Crippen molar-refractivity contribution < 1.29 is 4.79 Å². The predicted octanol–water partition coefficient (Wildman–Crippen LogP) is 0.421. The molecular formula is C9H13ClN4O. The SMILES string of the molecule is CNCCN(C)C(=O)c1ccc(Cl)nn1. The smallest absolute Gasteiger partial charge is 0.274 e. The first-order valence-electron chi connectivity index (χ1n) is 4.54. The van der Waals surface area contributed by atoms with Crippen molar-refractivity contribution in [2.45, 2.75) is 0 Å². The van der Waals surface area contributed by atoms with Crippen LogP contribution in [0.25, 0.3) is 0 Å². The second-order valence-electron chi connectivity index (χ2n) is 3.07. The Morgan fingerprint density at radius 3 is 2.80 bits per heavy atom. The summed E-state index contributed by atoms with van der Waals surface area (Å²) >= 11 is 5.57. The van der Waals surface area contributed by atoms with Gasteiger partial charge in [-0.25, -0.2) is 0 Å². The van der Waals surface area contributed by atoms with Gasteiger partial charge in [0.15, 0.2) is 10.8 Å². The van der Waals surface area contributed by atoms with Gasteiger partial charge in [-0.3, -0.25) is 4.79 Å². The minimum absolute atomic E-state index is 0.158. The van der Waals surface area contributed by atoms with E-state index in [4.69, 9.17) is 11.6 Å². The summed E-state index contributed by atoms with van der Waals surface area (Å²) in [7, 11) is 3.55.